The van der Waals surface area contributed by atoms with Crippen LogP contribution in [-0.4, -0.2) is 6.54 Å². The van der Waals surface area contributed by atoms with Crippen molar-refractivity contribution in [3.05, 3.63) is 71.7 Å². The SMILES string of the molecule is CCNC(c1ccco1)c1ccc(C)c2ccccc12. The van der Waals surface area contributed by atoms with Crippen molar-refractivity contribution in [2.75, 3.05) is 6.54 Å². The summed E-state index contributed by atoms with van der Waals surface area (Å²) in [6.45, 7) is 5.17. The maximum absolute atomic E-state index is 5.62. The van der Waals surface area contributed by atoms with Gasteiger partial charge in [0, 0.05) is 0 Å². The third-order valence-electron chi connectivity index (χ3n) is 3.72. The predicted octanol–water partition coefficient (Wildman–Crippen LogP) is 4.44. The number of rotatable bonds is 4. The van der Waals surface area contributed by atoms with Crippen LogP contribution >= 0.6 is 0 Å². The Kier molecular flexibility index (Phi) is 3.57. The first-order valence-corrected chi connectivity index (χ1v) is 7.06. The van der Waals surface area contributed by atoms with Crippen molar-refractivity contribution in [3.8, 4) is 0 Å². The van der Waals surface area contributed by atoms with Gasteiger partial charge in [-0.25, -0.2) is 0 Å². The Bertz CT molecular complexity index is 701. The lowest BCUT2D eigenvalue weighted by atomic mass is 9.94. The molecule has 0 saturated carbocycles. The zero-order chi connectivity index (χ0) is 13.9. The second kappa shape index (κ2) is 5.51. The van der Waals surface area contributed by atoms with Crippen molar-refractivity contribution >= 4 is 10.8 Å². The highest BCUT2D eigenvalue weighted by Crippen LogP contribution is 2.30. The molecule has 3 rings (SSSR count). The minimum atomic E-state index is 0.0977. The number of fused-ring (bicyclic) bond motifs is 1. The Hall–Kier alpha value is -2.06. The van der Waals surface area contributed by atoms with Crippen LogP contribution in [-0.2, 0) is 0 Å². The lowest BCUT2D eigenvalue weighted by molar-refractivity contribution is 0.453. The van der Waals surface area contributed by atoms with Gasteiger partial charge in [-0.1, -0.05) is 43.3 Å². The molecular formula is C18H19NO. The number of hydrogen-bond acceptors (Lipinski definition) is 2. The maximum atomic E-state index is 5.62. The second-order valence-corrected chi connectivity index (χ2v) is 5.02. The molecule has 0 radical (unpaired) electrons. The van der Waals surface area contributed by atoms with Crippen LogP contribution in [0.15, 0.2) is 59.2 Å². The first-order valence-electron chi connectivity index (χ1n) is 7.06. The average molecular weight is 265 g/mol. The highest BCUT2D eigenvalue weighted by atomic mass is 16.3. The summed E-state index contributed by atoms with van der Waals surface area (Å²) < 4.78 is 5.62. The minimum absolute atomic E-state index is 0.0977. The Balaban J connectivity index is 2.19. The molecule has 0 aliphatic heterocycles. The maximum Gasteiger partial charge on any atom is 0.125 e. The molecule has 0 spiro atoms. The van der Waals surface area contributed by atoms with Gasteiger partial charge in [-0.05, 0) is 47.5 Å². The Morgan fingerprint density at radius 3 is 2.50 bits per heavy atom. The van der Waals surface area contributed by atoms with Gasteiger partial charge >= 0.3 is 0 Å². The first-order chi connectivity index (χ1) is 9.81. The molecule has 1 N–H and O–H groups in total. The summed E-state index contributed by atoms with van der Waals surface area (Å²) in [6, 6.07) is 17.0. The Morgan fingerprint density at radius 1 is 1.00 bits per heavy atom. The largest absolute Gasteiger partial charge is 0.467 e. The zero-order valence-electron chi connectivity index (χ0n) is 11.9. The number of aryl methyl sites for hydroxylation is 1. The normalized spacial score (nSPS) is 12.7. The van der Waals surface area contributed by atoms with Crippen molar-refractivity contribution in [2.45, 2.75) is 19.9 Å². The molecule has 0 bridgehead atoms. The number of nitrogens with one attached hydrogen (secondary N) is 1. The quantitative estimate of drug-likeness (QED) is 0.754. The molecule has 3 aromatic rings. The molecule has 0 fully saturated rings. The molecule has 20 heavy (non-hydrogen) atoms. The van der Waals surface area contributed by atoms with Crippen molar-refractivity contribution < 1.29 is 4.42 Å². The molecule has 0 aliphatic carbocycles. The summed E-state index contributed by atoms with van der Waals surface area (Å²) >= 11 is 0. The number of benzene rings is 2. The van der Waals surface area contributed by atoms with Crippen LogP contribution in [0.2, 0.25) is 0 Å². The Morgan fingerprint density at radius 2 is 1.80 bits per heavy atom. The van der Waals surface area contributed by atoms with Crippen LogP contribution in [0.5, 0.6) is 0 Å². The van der Waals surface area contributed by atoms with E-state index in [2.05, 4.69) is 55.6 Å². The number of furan rings is 1. The molecular weight excluding hydrogens is 246 g/mol. The van der Waals surface area contributed by atoms with Crippen LogP contribution in [0.3, 0.4) is 0 Å². The standard InChI is InChI=1S/C18H19NO/c1-3-19-18(17-9-6-12-20-17)16-11-10-13(2)14-7-4-5-8-15(14)16/h4-12,18-19H,3H2,1-2H3. The predicted molar refractivity (Wildman–Crippen MR) is 82.9 cm³/mol. The third-order valence-corrected chi connectivity index (χ3v) is 3.72. The molecule has 2 nitrogen and oxygen atoms in total. The molecule has 2 heteroatoms. The molecule has 0 saturated heterocycles. The van der Waals surface area contributed by atoms with E-state index in [1.807, 2.05) is 12.1 Å². The highest BCUT2D eigenvalue weighted by molar-refractivity contribution is 5.89. The summed E-state index contributed by atoms with van der Waals surface area (Å²) in [4.78, 5) is 0. The van der Waals surface area contributed by atoms with E-state index in [9.17, 15) is 0 Å². The second-order valence-electron chi connectivity index (χ2n) is 5.02. The fourth-order valence-corrected chi connectivity index (χ4v) is 2.75. The molecule has 0 aliphatic rings. The summed E-state index contributed by atoms with van der Waals surface area (Å²) in [5.74, 6) is 0.959. The summed E-state index contributed by atoms with van der Waals surface area (Å²) in [6.07, 6.45) is 1.73. The molecule has 2 aromatic carbocycles. The molecule has 1 aromatic heterocycles. The third kappa shape index (κ3) is 2.23. The van der Waals surface area contributed by atoms with Crippen molar-refractivity contribution in [1.82, 2.24) is 5.32 Å². The smallest absolute Gasteiger partial charge is 0.125 e. The van der Waals surface area contributed by atoms with Crippen molar-refractivity contribution in [2.24, 2.45) is 0 Å². The minimum Gasteiger partial charge on any atom is -0.467 e. The van der Waals surface area contributed by atoms with Crippen LogP contribution in [0.4, 0.5) is 0 Å². The zero-order valence-corrected chi connectivity index (χ0v) is 11.9. The van der Waals surface area contributed by atoms with Crippen molar-refractivity contribution in [3.63, 3.8) is 0 Å². The van der Waals surface area contributed by atoms with Gasteiger partial charge in [0.25, 0.3) is 0 Å². The van der Waals surface area contributed by atoms with Gasteiger partial charge in [-0.2, -0.15) is 0 Å². The van der Waals surface area contributed by atoms with E-state index in [0.29, 0.717) is 0 Å². The molecule has 1 atom stereocenters. The highest BCUT2D eigenvalue weighted by Gasteiger charge is 2.18. The van der Waals surface area contributed by atoms with E-state index in [0.717, 1.165) is 12.3 Å². The molecule has 1 unspecified atom stereocenters. The Labute approximate surface area is 119 Å². The summed E-state index contributed by atoms with van der Waals surface area (Å²) in [5.41, 5.74) is 2.57. The van der Waals surface area contributed by atoms with Crippen LogP contribution in [0, 0.1) is 6.92 Å². The average Bonchev–Trinajstić information content (AvgIpc) is 3.00. The lowest BCUT2D eigenvalue weighted by Gasteiger charge is -2.19. The van der Waals surface area contributed by atoms with Crippen LogP contribution in [0.25, 0.3) is 10.8 Å². The first kappa shape index (κ1) is 12.9. The monoisotopic (exact) mass is 265 g/mol. The van der Waals surface area contributed by atoms with Gasteiger partial charge in [0.05, 0.1) is 12.3 Å². The summed E-state index contributed by atoms with van der Waals surface area (Å²) in [7, 11) is 0. The van der Waals surface area contributed by atoms with Gasteiger partial charge in [0.15, 0.2) is 0 Å². The van der Waals surface area contributed by atoms with Gasteiger partial charge in [0.1, 0.15) is 5.76 Å². The lowest BCUT2D eigenvalue weighted by Crippen LogP contribution is -2.21. The summed E-state index contributed by atoms with van der Waals surface area (Å²) in [5, 5.41) is 6.11. The molecule has 1 heterocycles. The van der Waals surface area contributed by atoms with Crippen LogP contribution < -0.4 is 5.32 Å². The van der Waals surface area contributed by atoms with Crippen LogP contribution in [0.1, 0.15) is 29.9 Å². The topological polar surface area (TPSA) is 25.2 Å². The van der Waals surface area contributed by atoms with E-state index in [1.54, 1.807) is 6.26 Å². The fraction of sp³-hybridized carbons (Fsp3) is 0.222. The van der Waals surface area contributed by atoms with Gasteiger partial charge in [-0.15, -0.1) is 0 Å². The fourth-order valence-electron chi connectivity index (χ4n) is 2.75. The van der Waals surface area contributed by atoms with E-state index >= 15 is 0 Å². The molecule has 102 valence electrons. The molecule has 0 amide bonds. The van der Waals surface area contributed by atoms with E-state index in [4.69, 9.17) is 4.42 Å². The number of hydrogen-bond donors (Lipinski definition) is 1. The van der Waals surface area contributed by atoms with E-state index < -0.39 is 0 Å². The van der Waals surface area contributed by atoms with Gasteiger partial charge in [-0.3, -0.25) is 0 Å². The van der Waals surface area contributed by atoms with E-state index in [-0.39, 0.29) is 6.04 Å². The van der Waals surface area contributed by atoms with Gasteiger partial charge < -0.3 is 9.73 Å². The van der Waals surface area contributed by atoms with E-state index in [1.165, 1.54) is 21.9 Å². The van der Waals surface area contributed by atoms with Crippen molar-refractivity contribution in [1.29, 1.82) is 0 Å². The van der Waals surface area contributed by atoms with Gasteiger partial charge in [0.2, 0.25) is 0 Å².